The summed E-state index contributed by atoms with van der Waals surface area (Å²) in [5, 5.41) is 3.61. The average molecular weight is 410 g/mol. The van der Waals surface area contributed by atoms with Gasteiger partial charge in [-0.1, -0.05) is 17.7 Å². The van der Waals surface area contributed by atoms with Gasteiger partial charge in [-0.2, -0.15) is 0 Å². The summed E-state index contributed by atoms with van der Waals surface area (Å²) in [5.41, 5.74) is 4.32. The summed E-state index contributed by atoms with van der Waals surface area (Å²) in [6.07, 6.45) is 0. The maximum absolute atomic E-state index is 12.8. The largest absolute Gasteiger partial charge is 0.493 e. The third kappa shape index (κ3) is 5.75. The van der Waals surface area contributed by atoms with E-state index in [1.165, 1.54) is 0 Å². The number of rotatable bonds is 7. The van der Waals surface area contributed by atoms with Gasteiger partial charge in [0.2, 0.25) is 0 Å². The highest BCUT2D eigenvalue weighted by Gasteiger charge is 2.12. The third-order valence-electron chi connectivity index (χ3n) is 4.31. The molecule has 0 fully saturated rings. The van der Waals surface area contributed by atoms with Crippen LogP contribution in [0.4, 0.5) is 5.69 Å². The number of ether oxygens (including phenoxy) is 2. The molecule has 0 heterocycles. The Morgan fingerprint density at radius 3 is 2.28 bits per heavy atom. The number of carbonyl (C=O) groups excluding carboxylic acids is 1. The minimum Gasteiger partial charge on any atom is -0.493 e. The average Bonchev–Trinajstić information content (AvgIpc) is 2.67. The van der Waals surface area contributed by atoms with Crippen molar-refractivity contribution in [3.05, 3.63) is 87.9 Å². The van der Waals surface area contributed by atoms with Crippen LogP contribution in [0.25, 0.3) is 0 Å². The zero-order valence-electron chi connectivity index (χ0n) is 16.8. The van der Waals surface area contributed by atoms with Gasteiger partial charge in [-0.25, -0.2) is 0 Å². The van der Waals surface area contributed by atoms with Gasteiger partial charge in [0, 0.05) is 21.8 Å². The molecule has 3 aromatic rings. The van der Waals surface area contributed by atoms with E-state index in [9.17, 15) is 4.79 Å². The van der Waals surface area contributed by atoms with E-state index in [1.807, 2.05) is 32.9 Å². The molecule has 0 saturated heterocycles. The Balaban J connectivity index is 1.79. The van der Waals surface area contributed by atoms with E-state index < -0.39 is 0 Å². The van der Waals surface area contributed by atoms with Crippen LogP contribution in [0.3, 0.4) is 0 Å². The molecule has 29 heavy (non-hydrogen) atoms. The lowest BCUT2D eigenvalue weighted by Gasteiger charge is -2.14. The number of hydrogen-bond acceptors (Lipinski definition) is 3. The molecule has 0 saturated carbocycles. The number of aryl methyl sites for hydroxylation is 2. The molecule has 0 aliphatic rings. The van der Waals surface area contributed by atoms with Crippen molar-refractivity contribution in [1.82, 2.24) is 0 Å². The van der Waals surface area contributed by atoms with Crippen LogP contribution in [0, 0.1) is 13.8 Å². The van der Waals surface area contributed by atoms with Crippen LogP contribution in [0.15, 0.2) is 60.7 Å². The van der Waals surface area contributed by atoms with E-state index in [0.29, 0.717) is 28.7 Å². The normalized spacial score (nSPS) is 10.5. The van der Waals surface area contributed by atoms with Crippen molar-refractivity contribution in [2.24, 2.45) is 0 Å². The summed E-state index contributed by atoms with van der Waals surface area (Å²) in [7, 11) is 0. The van der Waals surface area contributed by atoms with Gasteiger partial charge in [0.25, 0.3) is 5.91 Å². The molecule has 0 aromatic heterocycles. The van der Waals surface area contributed by atoms with Gasteiger partial charge in [-0.3, -0.25) is 4.79 Å². The molecule has 0 unspecified atom stereocenters. The van der Waals surface area contributed by atoms with Crippen LogP contribution in [-0.4, -0.2) is 12.5 Å². The number of anilines is 1. The lowest BCUT2D eigenvalue weighted by Crippen LogP contribution is -2.13. The smallest absolute Gasteiger partial charge is 0.255 e. The zero-order chi connectivity index (χ0) is 20.8. The zero-order valence-corrected chi connectivity index (χ0v) is 17.5. The summed E-state index contributed by atoms with van der Waals surface area (Å²) in [6.45, 7) is 6.74. The van der Waals surface area contributed by atoms with Gasteiger partial charge < -0.3 is 14.8 Å². The Morgan fingerprint density at radius 2 is 1.62 bits per heavy atom. The Labute approximate surface area is 176 Å². The fourth-order valence-electron chi connectivity index (χ4n) is 3.07. The number of carbonyl (C=O) groups is 1. The van der Waals surface area contributed by atoms with Crippen LogP contribution in [0.2, 0.25) is 5.02 Å². The monoisotopic (exact) mass is 409 g/mol. The molecule has 1 amide bonds. The quantitative estimate of drug-likeness (QED) is 0.506. The first-order valence-corrected chi connectivity index (χ1v) is 9.86. The highest BCUT2D eigenvalue weighted by Crippen LogP contribution is 2.24. The number of amides is 1. The number of benzene rings is 3. The predicted molar refractivity (Wildman–Crippen MR) is 117 cm³/mol. The molecule has 0 aliphatic carbocycles. The van der Waals surface area contributed by atoms with E-state index in [1.54, 1.807) is 42.5 Å². The van der Waals surface area contributed by atoms with Crippen molar-refractivity contribution in [1.29, 1.82) is 0 Å². The summed E-state index contributed by atoms with van der Waals surface area (Å²) in [6, 6.07) is 18.5. The molecule has 0 atom stereocenters. The fraction of sp³-hybridized carbons (Fsp3) is 0.208. The summed E-state index contributed by atoms with van der Waals surface area (Å²) in [5.74, 6) is 1.22. The minimum atomic E-state index is -0.175. The molecular formula is C24H24ClNO3. The van der Waals surface area contributed by atoms with Crippen LogP contribution < -0.4 is 14.8 Å². The standard InChI is InChI=1S/C24H24ClNO3/c1-4-28-23-10-5-18(24(27)26-21-12-16(2)11-17(3)13-21)14-19(23)15-29-22-8-6-20(25)7-9-22/h5-14H,4,15H2,1-3H3,(H,26,27). The molecule has 5 heteroatoms. The number of hydrogen-bond donors (Lipinski definition) is 1. The molecule has 150 valence electrons. The second kappa shape index (κ2) is 9.48. The molecule has 0 bridgehead atoms. The van der Waals surface area contributed by atoms with Crippen molar-refractivity contribution >= 4 is 23.2 Å². The highest BCUT2D eigenvalue weighted by molar-refractivity contribution is 6.30. The van der Waals surface area contributed by atoms with Crippen molar-refractivity contribution in [3.63, 3.8) is 0 Å². The number of halogens is 1. The van der Waals surface area contributed by atoms with E-state index in [0.717, 1.165) is 22.4 Å². The minimum absolute atomic E-state index is 0.175. The first kappa shape index (κ1) is 20.7. The molecule has 3 aromatic carbocycles. The Morgan fingerprint density at radius 1 is 0.931 bits per heavy atom. The predicted octanol–water partition coefficient (Wildman–Crippen LogP) is 6.19. The van der Waals surface area contributed by atoms with E-state index in [2.05, 4.69) is 11.4 Å². The first-order chi connectivity index (χ1) is 13.9. The van der Waals surface area contributed by atoms with Crippen molar-refractivity contribution in [2.45, 2.75) is 27.4 Å². The Kier molecular flexibility index (Phi) is 6.78. The molecule has 1 N–H and O–H groups in total. The molecular weight excluding hydrogens is 386 g/mol. The van der Waals surface area contributed by atoms with Crippen molar-refractivity contribution in [2.75, 3.05) is 11.9 Å². The maximum atomic E-state index is 12.8. The van der Waals surface area contributed by atoms with Gasteiger partial charge >= 0.3 is 0 Å². The lowest BCUT2D eigenvalue weighted by atomic mass is 10.1. The molecule has 0 aliphatic heterocycles. The van der Waals surface area contributed by atoms with Gasteiger partial charge in [-0.15, -0.1) is 0 Å². The lowest BCUT2D eigenvalue weighted by molar-refractivity contribution is 0.102. The third-order valence-corrected chi connectivity index (χ3v) is 4.56. The van der Waals surface area contributed by atoms with E-state index >= 15 is 0 Å². The SMILES string of the molecule is CCOc1ccc(C(=O)Nc2cc(C)cc(C)c2)cc1COc1ccc(Cl)cc1. The molecule has 3 rings (SSSR count). The molecule has 4 nitrogen and oxygen atoms in total. The van der Waals surface area contributed by atoms with E-state index in [-0.39, 0.29) is 12.5 Å². The van der Waals surface area contributed by atoms with E-state index in [4.69, 9.17) is 21.1 Å². The summed E-state index contributed by atoms with van der Waals surface area (Å²) < 4.78 is 11.5. The van der Waals surface area contributed by atoms with Crippen molar-refractivity contribution < 1.29 is 14.3 Å². The number of nitrogens with one attached hydrogen (secondary N) is 1. The fourth-order valence-corrected chi connectivity index (χ4v) is 3.20. The van der Waals surface area contributed by atoms with Gasteiger partial charge in [0.15, 0.2) is 0 Å². The summed E-state index contributed by atoms with van der Waals surface area (Å²) >= 11 is 5.92. The van der Waals surface area contributed by atoms with Crippen LogP contribution >= 0.6 is 11.6 Å². The molecule has 0 spiro atoms. The van der Waals surface area contributed by atoms with Gasteiger partial charge in [0.1, 0.15) is 18.1 Å². The summed E-state index contributed by atoms with van der Waals surface area (Å²) in [4.78, 5) is 12.8. The Bertz CT molecular complexity index is 979. The van der Waals surface area contributed by atoms with Crippen LogP contribution in [0.5, 0.6) is 11.5 Å². The van der Waals surface area contributed by atoms with Crippen molar-refractivity contribution in [3.8, 4) is 11.5 Å². The molecule has 0 radical (unpaired) electrons. The Hall–Kier alpha value is -2.98. The van der Waals surface area contributed by atoms with Gasteiger partial charge in [0.05, 0.1) is 6.61 Å². The first-order valence-electron chi connectivity index (χ1n) is 9.48. The second-order valence-corrected chi connectivity index (χ2v) is 7.27. The highest BCUT2D eigenvalue weighted by atomic mass is 35.5. The van der Waals surface area contributed by atoms with Crippen LogP contribution in [-0.2, 0) is 6.61 Å². The van der Waals surface area contributed by atoms with Crippen LogP contribution in [0.1, 0.15) is 34.0 Å². The second-order valence-electron chi connectivity index (χ2n) is 6.83. The maximum Gasteiger partial charge on any atom is 0.255 e. The topological polar surface area (TPSA) is 47.6 Å². The van der Waals surface area contributed by atoms with Gasteiger partial charge in [-0.05, 0) is 86.5 Å².